The predicted molar refractivity (Wildman–Crippen MR) is 59.4 cm³/mol. The van der Waals surface area contributed by atoms with Crippen LogP contribution in [0.5, 0.6) is 0 Å². The molecule has 0 bridgehead atoms. The highest BCUT2D eigenvalue weighted by Crippen LogP contribution is 2.33. The van der Waals surface area contributed by atoms with Gasteiger partial charge in [-0.05, 0) is 12.1 Å². The van der Waals surface area contributed by atoms with Crippen molar-refractivity contribution >= 4 is 28.9 Å². The molecule has 0 spiro atoms. The molecule has 0 fully saturated rings. The lowest BCUT2D eigenvalue weighted by Gasteiger charge is -2.26. The minimum absolute atomic E-state index is 0.105. The first-order valence-electron chi connectivity index (χ1n) is 4.57. The molecule has 0 aliphatic carbocycles. The molecule has 5 heteroatoms. The number of para-hydroxylation sites is 1. The minimum Gasteiger partial charge on any atom is -0.382 e. The number of anilines is 2. The molecular formula is C10H11ClN2O2. The Morgan fingerprint density at radius 3 is 3.07 bits per heavy atom. The lowest BCUT2D eigenvalue weighted by Crippen LogP contribution is -2.41. The normalized spacial score (nSPS) is 19.1. The summed E-state index contributed by atoms with van der Waals surface area (Å²) in [5, 5.41) is 6.41. The third kappa shape index (κ3) is 1.91. The summed E-state index contributed by atoms with van der Waals surface area (Å²) in [7, 11) is 1.55. The number of hydrogen-bond acceptors (Lipinski definition) is 3. The zero-order valence-electron chi connectivity index (χ0n) is 8.21. The van der Waals surface area contributed by atoms with Crippen LogP contribution in [0.1, 0.15) is 0 Å². The molecule has 4 nitrogen and oxygen atoms in total. The van der Waals surface area contributed by atoms with E-state index in [1.165, 1.54) is 0 Å². The van der Waals surface area contributed by atoms with Crippen molar-refractivity contribution in [3.8, 4) is 0 Å². The van der Waals surface area contributed by atoms with E-state index in [2.05, 4.69) is 10.6 Å². The van der Waals surface area contributed by atoms with Crippen LogP contribution in [0.3, 0.4) is 0 Å². The van der Waals surface area contributed by atoms with E-state index in [-0.39, 0.29) is 11.9 Å². The van der Waals surface area contributed by atoms with Gasteiger partial charge in [-0.25, -0.2) is 0 Å². The fraction of sp³-hybridized carbons (Fsp3) is 0.300. The molecule has 0 saturated heterocycles. The van der Waals surface area contributed by atoms with Crippen LogP contribution in [0.25, 0.3) is 0 Å². The van der Waals surface area contributed by atoms with Gasteiger partial charge in [0.05, 0.1) is 23.0 Å². The number of nitrogens with one attached hydrogen (secondary N) is 2. The van der Waals surface area contributed by atoms with Gasteiger partial charge in [0.2, 0.25) is 5.91 Å². The van der Waals surface area contributed by atoms with Gasteiger partial charge in [0.25, 0.3) is 0 Å². The van der Waals surface area contributed by atoms with Crippen molar-refractivity contribution in [2.24, 2.45) is 0 Å². The average molecular weight is 227 g/mol. The summed E-state index contributed by atoms with van der Waals surface area (Å²) >= 11 is 6.00. The number of ether oxygens (including phenoxy) is 1. The summed E-state index contributed by atoms with van der Waals surface area (Å²) in [5.74, 6) is -0.105. The molecule has 0 aromatic heterocycles. The number of fused-ring (bicyclic) bond motifs is 1. The van der Waals surface area contributed by atoms with Gasteiger partial charge >= 0.3 is 0 Å². The van der Waals surface area contributed by atoms with E-state index in [1.807, 2.05) is 0 Å². The van der Waals surface area contributed by atoms with Gasteiger partial charge in [-0.15, -0.1) is 0 Å². The second-order valence-corrected chi connectivity index (χ2v) is 3.71. The van der Waals surface area contributed by atoms with Crippen molar-refractivity contribution in [2.75, 3.05) is 24.4 Å². The summed E-state index contributed by atoms with van der Waals surface area (Å²) < 4.78 is 4.94. The van der Waals surface area contributed by atoms with E-state index < -0.39 is 0 Å². The standard InChI is InChI=1S/C10H11ClN2O2/c1-15-5-8-10(14)13-7-4-2-3-6(11)9(7)12-8/h2-4,8,12H,5H2,1H3,(H,13,14). The Kier molecular flexibility index (Phi) is 2.79. The van der Waals surface area contributed by atoms with Gasteiger partial charge < -0.3 is 15.4 Å². The summed E-state index contributed by atoms with van der Waals surface area (Å²) in [6, 6.07) is 4.98. The first-order chi connectivity index (χ1) is 7.22. The van der Waals surface area contributed by atoms with E-state index in [4.69, 9.17) is 16.3 Å². The van der Waals surface area contributed by atoms with Crippen LogP contribution in [0.15, 0.2) is 18.2 Å². The fourth-order valence-corrected chi connectivity index (χ4v) is 1.75. The molecule has 1 aromatic rings. The largest absolute Gasteiger partial charge is 0.382 e. The third-order valence-corrected chi connectivity index (χ3v) is 2.55. The van der Waals surface area contributed by atoms with Crippen molar-refractivity contribution in [1.29, 1.82) is 0 Å². The summed E-state index contributed by atoms with van der Waals surface area (Å²) in [4.78, 5) is 11.6. The maximum atomic E-state index is 11.6. The van der Waals surface area contributed by atoms with E-state index >= 15 is 0 Å². The maximum absolute atomic E-state index is 11.6. The average Bonchev–Trinajstić information content (AvgIpc) is 2.21. The van der Waals surface area contributed by atoms with Gasteiger partial charge in [0, 0.05) is 7.11 Å². The van der Waals surface area contributed by atoms with Crippen LogP contribution in [-0.4, -0.2) is 25.7 Å². The van der Waals surface area contributed by atoms with Gasteiger partial charge in [-0.2, -0.15) is 0 Å². The van der Waals surface area contributed by atoms with Crippen LogP contribution in [0.4, 0.5) is 11.4 Å². The molecule has 15 heavy (non-hydrogen) atoms. The molecule has 1 aliphatic heterocycles. The fourth-order valence-electron chi connectivity index (χ4n) is 1.52. The van der Waals surface area contributed by atoms with Gasteiger partial charge in [-0.3, -0.25) is 4.79 Å². The molecule has 1 atom stereocenters. The first kappa shape index (κ1) is 10.3. The molecule has 1 unspecified atom stereocenters. The Hall–Kier alpha value is -1.26. The lowest BCUT2D eigenvalue weighted by atomic mass is 10.1. The zero-order valence-corrected chi connectivity index (χ0v) is 8.97. The molecule has 1 aromatic carbocycles. The van der Waals surface area contributed by atoms with Crippen LogP contribution < -0.4 is 10.6 Å². The molecule has 2 N–H and O–H groups in total. The highest BCUT2D eigenvalue weighted by atomic mass is 35.5. The predicted octanol–water partition coefficient (Wildman–Crippen LogP) is 1.72. The summed E-state index contributed by atoms with van der Waals surface area (Å²) in [6.07, 6.45) is 0. The second-order valence-electron chi connectivity index (χ2n) is 3.30. The molecule has 80 valence electrons. The highest BCUT2D eigenvalue weighted by Gasteiger charge is 2.26. The molecule has 1 heterocycles. The second kappa shape index (κ2) is 4.08. The Morgan fingerprint density at radius 1 is 1.53 bits per heavy atom. The molecule has 1 aliphatic rings. The Balaban J connectivity index is 2.30. The van der Waals surface area contributed by atoms with E-state index in [1.54, 1.807) is 25.3 Å². The zero-order chi connectivity index (χ0) is 10.8. The number of hydrogen-bond donors (Lipinski definition) is 2. The van der Waals surface area contributed by atoms with Gasteiger partial charge in [0.15, 0.2) is 0 Å². The SMILES string of the molecule is COCC1Nc2c(Cl)cccc2NC1=O. The number of methoxy groups -OCH3 is 1. The molecule has 2 rings (SSSR count). The molecule has 0 radical (unpaired) electrons. The van der Waals surface area contributed by atoms with E-state index in [9.17, 15) is 4.79 Å². The summed E-state index contributed by atoms with van der Waals surface area (Å²) in [5.41, 5.74) is 1.46. The van der Waals surface area contributed by atoms with Gasteiger partial charge in [-0.1, -0.05) is 17.7 Å². The number of amides is 1. The number of halogens is 1. The van der Waals surface area contributed by atoms with Gasteiger partial charge in [0.1, 0.15) is 6.04 Å². The Morgan fingerprint density at radius 2 is 2.33 bits per heavy atom. The van der Waals surface area contributed by atoms with Crippen molar-refractivity contribution in [3.63, 3.8) is 0 Å². The van der Waals surface area contributed by atoms with Crippen molar-refractivity contribution in [3.05, 3.63) is 23.2 Å². The first-order valence-corrected chi connectivity index (χ1v) is 4.95. The Bertz CT molecular complexity index is 395. The number of rotatable bonds is 2. The number of benzene rings is 1. The van der Waals surface area contributed by atoms with Crippen LogP contribution in [0.2, 0.25) is 5.02 Å². The monoisotopic (exact) mass is 226 g/mol. The topological polar surface area (TPSA) is 50.4 Å². The molecule has 0 saturated carbocycles. The van der Waals surface area contributed by atoms with E-state index in [0.29, 0.717) is 17.3 Å². The van der Waals surface area contributed by atoms with Crippen LogP contribution >= 0.6 is 11.6 Å². The minimum atomic E-state index is -0.387. The lowest BCUT2D eigenvalue weighted by molar-refractivity contribution is -0.118. The Labute approximate surface area is 92.6 Å². The van der Waals surface area contributed by atoms with Crippen molar-refractivity contribution in [1.82, 2.24) is 0 Å². The van der Waals surface area contributed by atoms with Crippen molar-refractivity contribution < 1.29 is 9.53 Å². The van der Waals surface area contributed by atoms with Crippen molar-refractivity contribution in [2.45, 2.75) is 6.04 Å². The quantitative estimate of drug-likeness (QED) is 0.808. The third-order valence-electron chi connectivity index (χ3n) is 2.24. The number of carbonyl (C=O) groups excluding carboxylic acids is 1. The highest BCUT2D eigenvalue weighted by molar-refractivity contribution is 6.34. The molecular weight excluding hydrogens is 216 g/mol. The van der Waals surface area contributed by atoms with E-state index in [0.717, 1.165) is 5.69 Å². The summed E-state index contributed by atoms with van der Waals surface area (Å²) in [6.45, 7) is 0.316. The maximum Gasteiger partial charge on any atom is 0.249 e. The van der Waals surface area contributed by atoms with Crippen LogP contribution in [0, 0.1) is 0 Å². The smallest absolute Gasteiger partial charge is 0.249 e. The number of carbonyl (C=O) groups is 1. The van der Waals surface area contributed by atoms with Crippen LogP contribution in [-0.2, 0) is 9.53 Å². The molecule has 1 amide bonds.